The highest BCUT2D eigenvalue weighted by Gasteiger charge is 2.06. The van der Waals surface area contributed by atoms with Gasteiger partial charge in [-0.1, -0.05) is 44.9 Å². The summed E-state index contributed by atoms with van der Waals surface area (Å²) < 4.78 is 5.23. The fraction of sp³-hybridized carbons (Fsp3) is 0.611. The first-order valence-electron chi connectivity index (χ1n) is 8.47. The van der Waals surface area contributed by atoms with Crippen LogP contribution >= 0.6 is 12.4 Å². The molecule has 0 aliphatic carbocycles. The second-order valence-electron chi connectivity index (χ2n) is 5.53. The predicted octanol–water partition coefficient (Wildman–Crippen LogP) is 4.95. The lowest BCUT2D eigenvalue weighted by molar-refractivity contribution is 0.151. The third-order valence-electron chi connectivity index (χ3n) is 3.53. The smallest absolute Gasteiger partial charge is 0.411 e. The Labute approximate surface area is 147 Å². The van der Waals surface area contributed by atoms with Gasteiger partial charge in [-0.15, -0.1) is 12.4 Å². The molecule has 132 valence electrons. The van der Waals surface area contributed by atoms with Gasteiger partial charge in [-0.25, -0.2) is 4.79 Å². The maximum absolute atomic E-state index is 11.7. The Morgan fingerprint density at radius 1 is 1.00 bits per heavy atom. The largest absolute Gasteiger partial charge is 0.449 e. The number of halogens is 1. The average molecular weight is 343 g/mol. The summed E-state index contributed by atoms with van der Waals surface area (Å²) in [6, 6.07) is 9.37. The Morgan fingerprint density at radius 3 is 2.13 bits per heavy atom. The number of ether oxygens (including phenoxy) is 1. The highest BCUT2D eigenvalue weighted by Crippen LogP contribution is 2.05. The molecule has 0 radical (unpaired) electrons. The SMILES string of the molecule is CCCCN(CCCC)CCCOC(=O)Nc1ccccc1.Cl. The molecule has 0 aromatic heterocycles. The summed E-state index contributed by atoms with van der Waals surface area (Å²) in [5, 5.41) is 2.72. The summed E-state index contributed by atoms with van der Waals surface area (Å²) in [4.78, 5) is 14.1. The molecule has 4 nitrogen and oxygen atoms in total. The van der Waals surface area contributed by atoms with E-state index < -0.39 is 0 Å². The molecule has 0 spiro atoms. The van der Waals surface area contributed by atoms with Crippen molar-refractivity contribution in [3.63, 3.8) is 0 Å². The molecule has 23 heavy (non-hydrogen) atoms. The topological polar surface area (TPSA) is 41.6 Å². The number of nitrogens with zero attached hydrogens (tertiary/aromatic N) is 1. The summed E-state index contributed by atoms with van der Waals surface area (Å²) in [6.07, 6.45) is 5.42. The van der Waals surface area contributed by atoms with Crippen molar-refractivity contribution in [2.24, 2.45) is 0 Å². The van der Waals surface area contributed by atoms with Crippen LogP contribution in [-0.4, -0.2) is 37.2 Å². The molecule has 1 rings (SSSR count). The Morgan fingerprint density at radius 2 is 1.57 bits per heavy atom. The van der Waals surface area contributed by atoms with E-state index in [1.807, 2.05) is 30.3 Å². The standard InChI is InChI=1S/C18H30N2O2.ClH/c1-3-5-13-20(14-6-4-2)15-10-16-22-18(21)19-17-11-8-7-9-12-17;/h7-9,11-12H,3-6,10,13-16H2,1-2H3,(H,19,21);1H. The van der Waals surface area contributed by atoms with Crippen molar-refractivity contribution in [3.05, 3.63) is 30.3 Å². The van der Waals surface area contributed by atoms with Gasteiger partial charge < -0.3 is 9.64 Å². The van der Waals surface area contributed by atoms with Gasteiger partial charge in [0, 0.05) is 12.2 Å². The number of unbranched alkanes of at least 4 members (excludes halogenated alkanes) is 2. The van der Waals surface area contributed by atoms with Gasteiger partial charge >= 0.3 is 6.09 Å². The number of benzene rings is 1. The number of carbonyl (C=O) groups excluding carboxylic acids is 1. The van der Waals surface area contributed by atoms with E-state index in [4.69, 9.17) is 4.74 Å². The van der Waals surface area contributed by atoms with Crippen molar-refractivity contribution in [1.82, 2.24) is 4.90 Å². The molecule has 0 fully saturated rings. The minimum absolute atomic E-state index is 0. The van der Waals surface area contributed by atoms with Gasteiger partial charge in [0.25, 0.3) is 0 Å². The number of carbonyl (C=O) groups is 1. The molecule has 1 N–H and O–H groups in total. The van der Waals surface area contributed by atoms with Gasteiger partial charge in [0.05, 0.1) is 6.61 Å². The molecule has 0 aliphatic heterocycles. The number of nitrogens with one attached hydrogen (secondary N) is 1. The minimum Gasteiger partial charge on any atom is -0.449 e. The van der Waals surface area contributed by atoms with Crippen LogP contribution in [0.2, 0.25) is 0 Å². The molecule has 0 saturated heterocycles. The number of amides is 1. The summed E-state index contributed by atoms with van der Waals surface area (Å²) in [6.45, 7) is 8.19. The molecule has 0 heterocycles. The Balaban J connectivity index is 0.00000484. The van der Waals surface area contributed by atoms with E-state index >= 15 is 0 Å². The Kier molecular flexibility index (Phi) is 13.6. The lowest BCUT2D eigenvalue weighted by Crippen LogP contribution is -2.28. The van der Waals surface area contributed by atoms with Gasteiger partial charge in [0.15, 0.2) is 0 Å². The predicted molar refractivity (Wildman–Crippen MR) is 99.5 cm³/mol. The lowest BCUT2D eigenvalue weighted by atomic mass is 10.2. The first-order valence-corrected chi connectivity index (χ1v) is 8.47. The monoisotopic (exact) mass is 342 g/mol. The second-order valence-corrected chi connectivity index (χ2v) is 5.53. The van der Waals surface area contributed by atoms with Crippen LogP contribution in [0.4, 0.5) is 10.5 Å². The second kappa shape index (κ2) is 14.3. The van der Waals surface area contributed by atoms with Crippen molar-refractivity contribution >= 4 is 24.2 Å². The molecule has 0 bridgehead atoms. The molecule has 0 saturated carbocycles. The fourth-order valence-corrected chi connectivity index (χ4v) is 2.23. The molecule has 0 atom stereocenters. The number of hydrogen-bond donors (Lipinski definition) is 1. The van der Waals surface area contributed by atoms with Crippen LogP contribution in [0.5, 0.6) is 0 Å². The lowest BCUT2D eigenvalue weighted by Gasteiger charge is -2.21. The van der Waals surface area contributed by atoms with Crippen molar-refractivity contribution in [2.45, 2.75) is 46.0 Å². The van der Waals surface area contributed by atoms with Crippen molar-refractivity contribution in [2.75, 3.05) is 31.6 Å². The number of hydrogen-bond acceptors (Lipinski definition) is 3. The third kappa shape index (κ3) is 11.0. The Hall–Kier alpha value is -1.26. The first kappa shape index (κ1) is 21.7. The summed E-state index contributed by atoms with van der Waals surface area (Å²) in [5.41, 5.74) is 0.764. The van der Waals surface area contributed by atoms with E-state index in [0.29, 0.717) is 6.61 Å². The normalized spacial score (nSPS) is 10.2. The average Bonchev–Trinajstić information content (AvgIpc) is 2.54. The summed E-state index contributed by atoms with van der Waals surface area (Å²) in [7, 11) is 0. The molecular formula is C18H31ClN2O2. The van der Waals surface area contributed by atoms with E-state index in [-0.39, 0.29) is 18.5 Å². The number of anilines is 1. The molecule has 1 amide bonds. The molecule has 1 aromatic rings. The zero-order valence-electron chi connectivity index (χ0n) is 14.4. The van der Waals surface area contributed by atoms with E-state index in [1.165, 1.54) is 25.7 Å². The minimum atomic E-state index is -0.375. The van der Waals surface area contributed by atoms with Crippen LogP contribution in [0.1, 0.15) is 46.0 Å². The zero-order chi connectivity index (χ0) is 16.0. The summed E-state index contributed by atoms with van der Waals surface area (Å²) >= 11 is 0. The number of rotatable bonds is 11. The first-order chi connectivity index (χ1) is 10.8. The third-order valence-corrected chi connectivity index (χ3v) is 3.53. The van der Waals surface area contributed by atoms with Gasteiger partial charge in [-0.2, -0.15) is 0 Å². The van der Waals surface area contributed by atoms with Crippen LogP contribution in [0.3, 0.4) is 0 Å². The highest BCUT2D eigenvalue weighted by atomic mass is 35.5. The van der Waals surface area contributed by atoms with Crippen molar-refractivity contribution in [3.8, 4) is 0 Å². The van der Waals surface area contributed by atoms with Crippen LogP contribution in [-0.2, 0) is 4.74 Å². The molecule has 0 unspecified atom stereocenters. The molecule has 5 heteroatoms. The maximum atomic E-state index is 11.7. The van der Waals surface area contributed by atoms with Gasteiger partial charge in [0.2, 0.25) is 0 Å². The van der Waals surface area contributed by atoms with Crippen molar-refractivity contribution in [1.29, 1.82) is 0 Å². The quantitative estimate of drug-likeness (QED) is 0.578. The van der Waals surface area contributed by atoms with Crippen LogP contribution in [0, 0.1) is 0 Å². The maximum Gasteiger partial charge on any atom is 0.411 e. The fourth-order valence-electron chi connectivity index (χ4n) is 2.23. The molecule has 0 aliphatic rings. The van der Waals surface area contributed by atoms with Crippen LogP contribution < -0.4 is 5.32 Å². The highest BCUT2D eigenvalue weighted by molar-refractivity contribution is 5.85. The van der Waals surface area contributed by atoms with E-state index in [1.54, 1.807) is 0 Å². The zero-order valence-corrected chi connectivity index (χ0v) is 15.2. The van der Waals surface area contributed by atoms with E-state index in [9.17, 15) is 4.79 Å². The Bertz CT molecular complexity index is 393. The summed E-state index contributed by atoms with van der Waals surface area (Å²) in [5.74, 6) is 0. The van der Waals surface area contributed by atoms with Gasteiger partial charge in [-0.05, 0) is 44.5 Å². The van der Waals surface area contributed by atoms with E-state index in [0.717, 1.165) is 31.7 Å². The molecule has 1 aromatic carbocycles. The van der Waals surface area contributed by atoms with E-state index in [2.05, 4.69) is 24.1 Å². The molecular weight excluding hydrogens is 312 g/mol. The van der Waals surface area contributed by atoms with Crippen LogP contribution in [0.15, 0.2) is 30.3 Å². The van der Waals surface area contributed by atoms with Gasteiger partial charge in [0.1, 0.15) is 0 Å². The number of para-hydroxylation sites is 1. The van der Waals surface area contributed by atoms with Crippen molar-refractivity contribution < 1.29 is 9.53 Å². The van der Waals surface area contributed by atoms with Gasteiger partial charge in [-0.3, -0.25) is 5.32 Å². The van der Waals surface area contributed by atoms with Crippen LogP contribution in [0.25, 0.3) is 0 Å².